The van der Waals surface area contributed by atoms with Crippen LogP contribution in [-0.2, 0) is 0 Å². The molecular weight excluding hydrogens is 445 g/mol. The third-order valence-corrected chi connectivity index (χ3v) is 6.32. The average Bonchev–Trinajstić information content (AvgIpc) is 3.52. The van der Waals surface area contributed by atoms with Gasteiger partial charge >= 0.3 is 0 Å². The molecule has 168 valence electrons. The maximum atomic E-state index is 14.1. The number of thioether (sulfide) groups is 1. The Hall–Kier alpha value is -3.59. The van der Waals surface area contributed by atoms with E-state index in [0.717, 1.165) is 11.4 Å². The van der Waals surface area contributed by atoms with Gasteiger partial charge in [0.2, 0.25) is 12.7 Å². The molecule has 0 bridgehead atoms. The Bertz CT molecular complexity index is 1380. The summed E-state index contributed by atoms with van der Waals surface area (Å²) in [5.41, 5.74) is 4.16. The molecule has 0 atom stereocenters. The monoisotopic (exact) mass is 465 g/mol. The smallest absolute Gasteiger partial charge is 0.277 e. The van der Waals surface area contributed by atoms with E-state index in [-0.39, 0.29) is 24.1 Å². The lowest BCUT2D eigenvalue weighted by Gasteiger charge is -2.11. The summed E-state index contributed by atoms with van der Waals surface area (Å²) in [6.07, 6.45) is 0. The highest BCUT2D eigenvalue weighted by Crippen LogP contribution is 2.36. The van der Waals surface area contributed by atoms with Crippen molar-refractivity contribution < 1.29 is 23.1 Å². The van der Waals surface area contributed by atoms with Gasteiger partial charge in [0.1, 0.15) is 5.82 Å². The first kappa shape index (κ1) is 21.3. The largest absolute Gasteiger partial charge is 0.454 e. The van der Waals surface area contributed by atoms with Gasteiger partial charge in [-0.3, -0.25) is 4.79 Å². The maximum absolute atomic E-state index is 14.1. The second-order valence-corrected chi connectivity index (χ2v) is 8.63. The molecule has 3 heterocycles. The van der Waals surface area contributed by atoms with E-state index in [1.807, 2.05) is 36.6 Å². The molecule has 0 amide bonds. The first-order valence-electron chi connectivity index (χ1n) is 10.3. The molecule has 0 saturated heterocycles. The van der Waals surface area contributed by atoms with Crippen LogP contribution in [0.15, 0.2) is 52.1 Å². The van der Waals surface area contributed by atoms with Crippen molar-refractivity contribution in [3.8, 4) is 28.6 Å². The zero-order chi connectivity index (χ0) is 23.1. The summed E-state index contributed by atoms with van der Waals surface area (Å²) in [5.74, 6) is 1.41. The second kappa shape index (κ2) is 8.40. The number of benzene rings is 2. The van der Waals surface area contributed by atoms with E-state index in [1.165, 1.54) is 17.8 Å². The number of carbonyl (C=O) groups excluding carboxylic acids is 1. The number of ketones is 1. The Morgan fingerprint density at radius 2 is 1.88 bits per heavy atom. The number of aromatic nitrogens is 3. The molecule has 5 rings (SSSR count). The van der Waals surface area contributed by atoms with Gasteiger partial charge in [-0.1, -0.05) is 17.8 Å². The highest BCUT2D eigenvalue weighted by molar-refractivity contribution is 7.99. The Morgan fingerprint density at radius 3 is 2.70 bits per heavy atom. The molecule has 0 spiro atoms. The predicted octanol–water partition coefficient (Wildman–Crippen LogP) is 5.30. The molecule has 7 nitrogen and oxygen atoms in total. The van der Waals surface area contributed by atoms with Gasteiger partial charge in [0.15, 0.2) is 17.3 Å². The number of halogens is 1. The third-order valence-electron chi connectivity index (χ3n) is 5.50. The molecule has 33 heavy (non-hydrogen) atoms. The highest BCUT2D eigenvalue weighted by atomic mass is 32.2. The fourth-order valence-corrected chi connectivity index (χ4v) is 4.43. The minimum Gasteiger partial charge on any atom is -0.454 e. The molecule has 0 fully saturated rings. The molecule has 0 N–H and O–H groups in total. The van der Waals surface area contributed by atoms with E-state index < -0.39 is 0 Å². The number of hydrogen-bond donors (Lipinski definition) is 0. The Kier molecular flexibility index (Phi) is 5.41. The number of aryl methyl sites for hydroxylation is 2. The van der Waals surface area contributed by atoms with Gasteiger partial charge in [0.25, 0.3) is 5.22 Å². The summed E-state index contributed by atoms with van der Waals surface area (Å²) in [7, 11) is 0. The minimum atomic E-state index is -0.280. The standard InChI is InChI=1S/C24H20FN3O4S/c1-13-4-6-17(10-19(13)25)28-14(2)8-18(15(28)3)20(29)11-33-24-27-26-23(32-24)16-5-7-21-22(9-16)31-12-30-21/h4-10H,11-12H2,1-3H3. The molecule has 1 aliphatic rings. The lowest BCUT2D eigenvalue weighted by molar-refractivity contribution is 0.102. The number of nitrogens with zero attached hydrogens (tertiary/aromatic N) is 3. The topological polar surface area (TPSA) is 79.4 Å². The second-order valence-electron chi connectivity index (χ2n) is 7.71. The van der Waals surface area contributed by atoms with E-state index in [1.54, 1.807) is 25.1 Å². The summed E-state index contributed by atoms with van der Waals surface area (Å²) in [6.45, 7) is 5.65. The van der Waals surface area contributed by atoms with Gasteiger partial charge < -0.3 is 18.5 Å². The van der Waals surface area contributed by atoms with Crippen LogP contribution in [0.4, 0.5) is 4.39 Å². The summed E-state index contributed by atoms with van der Waals surface area (Å²) in [5, 5.41) is 8.40. The van der Waals surface area contributed by atoms with Crippen molar-refractivity contribution in [2.75, 3.05) is 12.5 Å². The lowest BCUT2D eigenvalue weighted by atomic mass is 10.2. The van der Waals surface area contributed by atoms with Crippen LogP contribution in [0.5, 0.6) is 11.5 Å². The van der Waals surface area contributed by atoms with Crippen LogP contribution in [0.3, 0.4) is 0 Å². The first-order chi connectivity index (χ1) is 15.9. The molecule has 0 aliphatic carbocycles. The van der Waals surface area contributed by atoms with Crippen molar-refractivity contribution in [2.45, 2.75) is 26.0 Å². The molecule has 2 aromatic heterocycles. The van der Waals surface area contributed by atoms with Gasteiger partial charge in [-0.15, -0.1) is 10.2 Å². The molecule has 4 aromatic rings. The third kappa shape index (κ3) is 4.00. The number of ether oxygens (including phenoxy) is 2. The van der Waals surface area contributed by atoms with Crippen molar-refractivity contribution in [1.29, 1.82) is 0 Å². The van der Waals surface area contributed by atoms with Crippen LogP contribution in [-0.4, -0.2) is 33.1 Å². The normalized spacial score (nSPS) is 12.4. The van der Waals surface area contributed by atoms with Crippen LogP contribution in [0, 0.1) is 26.6 Å². The van der Waals surface area contributed by atoms with E-state index in [9.17, 15) is 9.18 Å². The van der Waals surface area contributed by atoms with E-state index in [4.69, 9.17) is 13.9 Å². The fraction of sp³-hybridized carbons (Fsp3) is 0.208. The molecule has 0 radical (unpaired) electrons. The zero-order valence-corrected chi connectivity index (χ0v) is 19.0. The summed E-state index contributed by atoms with van der Waals surface area (Å²) < 4.78 is 32.4. The predicted molar refractivity (Wildman–Crippen MR) is 121 cm³/mol. The summed E-state index contributed by atoms with van der Waals surface area (Å²) >= 11 is 1.17. The fourth-order valence-electron chi connectivity index (χ4n) is 3.78. The van der Waals surface area contributed by atoms with E-state index in [2.05, 4.69) is 10.2 Å². The molecule has 1 aliphatic heterocycles. The van der Waals surface area contributed by atoms with Crippen LogP contribution in [0.1, 0.15) is 27.3 Å². The van der Waals surface area contributed by atoms with Gasteiger partial charge in [-0.2, -0.15) is 0 Å². The lowest BCUT2D eigenvalue weighted by Crippen LogP contribution is -2.06. The van der Waals surface area contributed by atoms with Crippen LogP contribution < -0.4 is 9.47 Å². The minimum absolute atomic E-state index is 0.0743. The van der Waals surface area contributed by atoms with E-state index in [0.29, 0.717) is 45.0 Å². The van der Waals surface area contributed by atoms with Gasteiger partial charge in [0, 0.05) is 28.2 Å². The summed E-state index contributed by atoms with van der Waals surface area (Å²) in [4.78, 5) is 12.9. The number of carbonyl (C=O) groups is 1. The number of hydrogen-bond acceptors (Lipinski definition) is 7. The number of fused-ring (bicyclic) bond motifs is 1. The van der Waals surface area contributed by atoms with Crippen molar-refractivity contribution in [3.63, 3.8) is 0 Å². The zero-order valence-electron chi connectivity index (χ0n) is 18.2. The molecule has 0 unspecified atom stereocenters. The Morgan fingerprint density at radius 1 is 1.06 bits per heavy atom. The maximum Gasteiger partial charge on any atom is 0.277 e. The van der Waals surface area contributed by atoms with Crippen LogP contribution >= 0.6 is 11.8 Å². The van der Waals surface area contributed by atoms with Gasteiger partial charge in [0.05, 0.1) is 5.75 Å². The summed E-state index contributed by atoms with van der Waals surface area (Å²) in [6, 6.07) is 12.2. The van der Waals surface area contributed by atoms with Crippen LogP contribution in [0.25, 0.3) is 17.1 Å². The Labute approximate surface area is 193 Å². The highest BCUT2D eigenvalue weighted by Gasteiger charge is 2.20. The molecule has 0 saturated carbocycles. The number of Topliss-reactive ketones (excluding diaryl/α,β-unsaturated/α-hetero) is 1. The molecule has 2 aromatic carbocycles. The SMILES string of the molecule is Cc1ccc(-n2c(C)cc(C(=O)CSc3nnc(-c4ccc5c(c4)OCO5)o3)c2C)cc1F. The molecule has 9 heteroatoms. The van der Waals surface area contributed by atoms with Crippen molar-refractivity contribution in [1.82, 2.24) is 14.8 Å². The van der Waals surface area contributed by atoms with Crippen LogP contribution in [0.2, 0.25) is 0 Å². The van der Waals surface area contributed by atoms with Crippen molar-refractivity contribution in [2.24, 2.45) is 0 Å². The number of rotatable bonds is 6. The van der Waals surface area contributed by atoms with Gasteiger partial charge in [-0.25, -0.2) is 4.39 Å². The average molecular weight is 466 g/mol. The van der Waals surface area contributed by atoms with Crippen molar-refractivity contribution >= 4 is 17.5 Å². The molecular formula is C24H20FN3O4S. The van der Waals surface area contributed by atoms with Crippen molar-refractivity contribution in [3.05, 3.63) is 70.8 Å². The first-order valence-corrected chi connectivity index (χ1v) is 11.2. The quantitative estimate of drug-likeness (QED) is 0.283. The van der Waals surface area contributed by atoms with E-state index >= 15 is 0 Å². The Balaban J connectivity index is 1.30. The van der Waals surface area contributed by atoms with Gasteiger partial charge in [-0.05, 0) is 62.7 Å².